The van der Waals surface area contributed by atoms with Gasteiger partial charge in [0.15, 0.2) is 0 Å². The van der Waals surface area contributed by atoms with Crippen LogP contribution in [0.5, 0.6) is 0 Å². The third-order valence-electron chi connectivity index (χ3n) is 3.73. The van der Waals surface area contributed by atoms with E-state index >= 15 is 0 Å². The molecule has 1 heterocycles. The van der Waals surface area contributed by atoms with E-state index < -0.39 is 0 Å². The first-order valence-corrected chi connectivity index (χ1v) is 7.22. The average Bonchev–Trinajstić information content (AvgIpc) is 2.84. The number of allylic oxidation sites excluding steroid dienone is 3. The Morgan fingerprint density at radius 3 is 2.47 bits per heavy atom. The zero-order valence-electron chi connectivity index (χ0n) is 12.8. The molecule has 0 aliphatic rings. The average molecular weight is 257 g/mol. The smallest absolute Gasteiger partial charge is 0.00809 e. The van der Waals surface area contributed by atoms with Gasteiger partial charge in [-0.2, -0.15) is 0 Å². The Kier molecular flexibility index (Phi) is 5.88. The summed E-state index contributed by atoms with van der Waals surface area (Å²) in [7, 11) is 0. The Bertz CT molecular complexity index is 460. The molecular weight excluding hydrogens is 230 g/mol. The highest BCUT2D eigenvalue weighted by atomic mass is 14.6. The second-order valence-corrected chi connectivity index (χ2v) is 5.36. The fraction of sp³-hybridized carbons (Fsp3) is 0.444. The van der Waals surface area contributed by atoms with Crippen molar-refractivity contribution in [2.45, 2.75) is 40.5 Å². The van der Waals surface area contributed by atoms with Crippen molar-refractivity contribution in [2.24, 2.45) is 11.8 Å². The van der Waals surface area contributed by atoms with Crippen LogP contribution in [-0.4, -0.2) is 4.98 Å². The van der Waals surface area contributed by atoms with E-state index in [9.17, 15) is 0 Å². The number of hydrogen-bond donors (Lipinski definition) is 1. The zero-order valence-corrected chi connectivity index (χ0v) is 12.8. The molecule has 0 amide bonds. The third-order valence-corrected chi connectivity index (χ3v) is 3.73. The van der Waals surface area contributed by atoms with Gasteiger partial charge in [-0.25, -0.2) is 0 Å². The van der Waals surface area contributed by atoms with E-state index in [1.54, 1.807) is 0 Å². The van der Waals surface area contributed by atoms with E-state index in [4.69, 9.17) is 0 Å². The number of aryl methyl sites for hydroxylation is 1. The van der Waals surface area contributed by atoms with E-state index in [1.807, 2.05) is 6.08 Å². The lowest BCUT2D eigenvalue weighted by Gasteiger charge is -2.24. The highest BCUT2D eigenvalue weighted by molar-refractivity contribution is 5.57. The van der Waals surface area contributed by atoms with Gasteiger partial charge in [0.2, 0.25) is 0 Å². The summed E-state index contributed by atoms with van der Waals surface area (Å²) < 4.78 is 0. The van der Waals surface area contributed by atoms with Crippen LogP contribution in [0.1, 0.15) is 45.2 Å². The number of hydrogen-bond acceptors (Lipinski definition) is 0. The maximum Gasteiger partial charge on any atom is 0.00809 e. The van der Waals surface area contributed by atoms with Crippen LogP contribution < -0.4 is 0 Å². The summed E-state index contributed by atoms with van der Waals surface area (Å²) in [4.78, 5) is 3.20. The molecule has 0 saturated heterocycles. The number of aromatic nitrogens is 1. The number of rotatable bonds is 7. The number of aromatic amines is 1. The van der Waals surface area contributed by atoms with Crippen molar-refractivity contribution in [3.8, 4) is 0 Å². The predicted octanol–water partition coefficient (Wildman–Crippen LogP) is 5.38. The molecule has 0 aliphatic heterocycles. The summed E-state index contributed by atoms with van der Waals surface area (Å²) in [5.74, 6) is 0.933. The first-order chi connectivity index (χ1) is 9.04. The van der Waals surface area contributed by atoms with E-state index in [-0.39, 0.29) is 0 Å². The van der Waals surface area contributed by atoms with Crippen LogP contribution in [0.4, 0.5) is 0 Å². The van der Waals surface area contributed by atoms with Gasteiger partial charge in [-0.05, 0) is 35.5 Å². The molecule has 1 heteroatoms. The molecule has 0 saturated carbocycles. The lowest BCUT2D eigenvalue weighted by atomic mass is 9.80. The SMILES string of the molecule is C=CC(=C)C(/C(=C\c1c[nH]cc1CC)CC)C(C)C. The topological polar surface area (TPSA) is 15.8 Å². The van der Waals surface area contributed by atoms with Crippen molar-refractivity contribution in [1.29, 1.82) is 0 Å². The van der Waals surface area contributed by atoms with Gasteiger partial charge < -0.3 is 4.98 Å². The molecule has 104 valence electrons. The van der Waals surface area contributed by atoms with E-state index in [0.717, 1.165) is 18.4 Å². The molecule has 19 heavy (non-hydrogen) atoms. The first-order valence-electron chi connectivity index (χ1n) is 7.22. The minimum absolute atomic E-state index is 0.391. The van der Waals surface area contributed by atoms with E-state index in [0.29, 0.717) is 11.8 Å². The molecule has 1 unspecified atom stereocenters. The summed E-state index contributed by atoms with van der Waals surface area (Å²) in [6.45, 7) is 17.0. The molecule has 1 rings (SSSR count). The molecule has 1 aromatic rings. The maximum atomic E-state index is 4.17. The van der Waals surface area contributed by atoms with E-state index in [2.05, 4.69) is 64.3 Å². The molecule has 1 aromatic heterocycles. The molecule has 0 fully saturated rings. The van der Waals surface area contributed by atoms with Crippen molar-refractivity contribution < 1.29 is 0 Å². The first kappa shape index (κ1) is 15.6. The van der Waals surface area contributed by atoms with Crippen LogP contribution in [0.15, 0.2) is 42.8 Å². The Morgan fingerprint density at radius 1 is 1.32 bits per heavy atom. The molecule has 0 aliphatic carbocycles. The highest BCUT2D eigenvalue weighted by Crippen LogP contribution is 2.32. The number of nitrogens with one attached hydrogen (secondary N) is 1. The lowest BCUT2D eigenvalue weighted by Crippen LogP contribution is -2.13. The molecule has 1 nitrogen and oxygen atoms in total. The molecule has 1 N–H and O–H groups in total. The normalized spacial score (nSPS) is 13.6. The molecule has 0 bridgehead atoms. The third kappa shape index (κ3) is 3.73. The van der Waals surface area contributed by atoms with Crippen molar-refractivity contribution in [3.05, 3.63) is 53.9 Å². The summed E-state index contributed by atoms with van der Waals surface area (Å²) in [6.07, 6.45) is 10.5. The van der Waals surface area contributed by atoms with Crippen LogP contribution >= 0.6 is 0 Å². The Labute approximate surface area is 118 Å². The van der Waals surface area contributed by atoms with E-state index in [1.165, 1.54) is 16.7 Å². The summed E-state index contributed by atoms with van der Waals surface area (Å²) >= 11 is 0. The summed E-state index contributed by atoms with van der Waals surface area (Å²) in [5.41, 5.74) is 5.24. The molecule has 0 spiro atoms. The predicted molar refractivity (Wildman–Crippen MR) is 86.1 cm³/mol. The lowest BCUT2D eigenvalue weighted by molar-refractivity contribution is 0.504. The largest absolute Gasteiger partial charge is 0.367 e. The zero-order chi connectivity index (χ0) is 14.4. The van der Waals surface area contributed by atoms with Crippen molar-refractivity contribution >= 4 is 6.08 Å². The monoisotopic (exact) mass is 257 g/mol. The van der Waals surface area contributed by atoms with Crippen LogP contribution in [0, 0.1) is 11.8 Å². The van der Waals surface area contributed by atoms with Gasteiger partial charge in [-0.1, -0.05) is 58.6 Å². The molecule has 1 atom stereocenters. The summed E-state index contributed by atoms with van der Waals surface area (Å²) in [6, 6.07) is 0. The fourth-order valence-corrected chi connectivity index (χ4v) is 2.68. The second-order valence-electron chi connectivity index (χ2n) is 5.36. The number of H-pyrrole nitrogens is 1. The van der Waals surface area contributed by atoms with Crippen molar-refractivity contribution in [2.75, 3.05) is 0 Å². The van der Waals surface area contributed by atoms with Crippen LogP contribution in [0.25, 0.3) is 6.08 Å². The Balaban J connectivity index is 3.16. The summed E-state index contributed by atoms with van der Waals surface area (Å²) in [5, 5.41) is 0. The Morgan fingerprint density at radius 2 is 2.00 bits per heavy atom. The minimum Gasteiger partial charge on any atom is -0.367 e. The highest BCUT2D eigenvalue weighted by Gasteiger charge is 2.19. The van der Waals surface area contributed by atoms with Crippen molar-refractivity contribution in [3.63, 3.8) is 0 Å². The Hall–Kier alpha value is -1.50. The molecule has 0 aromatic carbocycles. The molecular formula is C18H27N. The van der Waals surface area contributed by atoms with Gasteiger partial charge in [0.25, 0.3) is 0 Å². The van der Waals surface area contributed by atoms with Gasteiger partial charge in [-0.3, -0.25) is 0 Å². The van der Waals surface area contributed by atoms with Gasteiger partial charge in [0.1, 0.15) is 0 Å². The van der Waals surface area contributed by atoms with Crippen LogP contribution in [-0.2, 0) is 6.42 Å². The van der Waals surface area contributed by atoms with Crippen LogP contribution in [0.3, 0.4) is 0 Å². The van der Waals surface area contributed by atoms with Gasteiger partial charge in [0, 0.05) is 18.3 Å². The van der Waals surface area contributed by atoms with Crippen molar-refractivity contribution in [1.82, 2.24) is 4.98 Å². The van der Waals surface area contributed by atoms with Gasteiger partial charge in [-0.15, -0.1) is 0 Å². The van der Waals surface area contributed by atoms with Gasteiger partial charge >= 0.3 is 0 Å². The maximum absolute atomic E-state index is 4.17. The minimum atomic E-state index is 0.391. The quantitative estimate of drug-likeness (QED) is 0.631. The fourth-order valence-electron chi connectivity index (χ4n) is 2.68. The molecule has 0 radical (unpaired) electrons. The van der Waals surface area contributed by atoms with Crippen LogP contribution in [0.2, 0.25) is 0 Å². The standard InChI is InChI=1S/C18H27N/c1-7-14(6)18(13(4)5)15(8-2)10-17-12-19-11-16(17)9-3/h7,10-13,18-19H,1,6,8-9H2,2-5H3/b15-10-. The van der Waals surface area contributed by atoms with Gasteiger partial charge in [0.05, 0.1) is 0 Å². The second kappa shape index (κ2) is 7.18.